The summed E-state index contributed by atoms with van der Waals surface area (Å²) in [6.45, 7) is 4.25. The smallest absolute Gasteiger partial charge is 0.246 e. The van der Waals surface area contributed by atoms with Gasteiger partial charge in [-0.25, -0.2) is 8.42 Å². The molecule has 0 bridgehead atoms. The number of nitrogens with zero attached hydrogens (tertiary/aromatic N) is 2. The first kappa shape index (κ1) is 20.9. The van der Waals surface area contributed by atoms with Crippen molar-refractivity contribution in [3.05, 3.63) is 53.1 Å². The van der Waals surface area contributed by atoms with Crippen molar-refractivity contribution in [2.45, 2.75) is 17.9 Å². The number of ether oxygens (including phenoxy) is 2. The minimum atomic E-state index is -3.67. The van der Waals surface area contributed by atoms with Crippen LogP contribution in [0.2, 0.25) is 5.02 Å². The Hall–Kier alpha value is -1.80. The highest BCUT2D eigenvalue weighted by molar-refractivity contribution is 7.89. The molecular weight excluding hydrogens is 400 g/mol. The van der Waals surface area contributed by atoms with Gasteiger partial charge in [-0.2, -0.15) is 4.31 Å². The van der Waals surface area contributed by atoms with Crippen LogP contribution in [0.25, 0.3) is 0 Å². The van der Waals surface area contributed by atoms with Crippen LogP contribution < -0.4 is 9.47 Å². The highest BCUT2D eigenvalue weighted by atomic mass is 35.5. The molecule has 6 nitrogen and oxygen atoms in total. The summed E-state index contributed by atoms with van der Waals surface area (Å²) in [6.07, 6.45) is 0. The Labute approximate surface area is 171 Å². The van der Waals surface area contributed by atoms with E-state index in [9.17, 15) is 8.42 Å². The van der Waals surface area contributed by atoms with E-state index in [4.69, 9.17) is 21.1 Å². The summed E-state index contributed by atoms with van der Waals surface area (Å²) in [4.78, 5) is 2.41. The lowest BCUT2D eigenvalue weighted by atomic mass is 10.1. The summed E-state index contributed by atoms with van der Waals surface area (Å²) in [6, 6.07) is 12.8. The van der Waals surface area contributed by atoms with Gasteiger partial charge in [0.05, 0.1) is 14.2 Å². The van der Waals surface area contributed by atoms with Crippen LogP contribution in [0.4, 0.5) is 0 Å². The second-order valence-electron chi connectivity index (χ2n) is 6.68. The van der Waals surface area contributed by atoms with Gasteiger partial charge in [0.15, 0.2) is 0 Å². The number of methoxy groups -OCH3 is 2. The minimum absolute atomic E-state index is 0.133. The predicted molar refractivity (Wildman–Crippen MR) is 110 cm³/mol. The van der Waals surface area contributed by atoms with Crippen LogP contribution in [0.15, 0.2) is 47.4 Å². The van der Waals surface area contributed by atoms with E-state index in [0.717, 1.165) is 5.56 Å². The van der Waals surface area contributed by atoms with Gasteiger partial charge < -0.3 is 9.47 Å². The summed E-state index contributed by atoms with van der Waals surface area (Å²) in [5.41, 5.74) is 1.16. The number of hydrogen-bond donors (Lipinski definition) is 0. The van der Waals surface area contributed by atoms with Gasteiger partial charge in [-0.1, -0.05) is 23.7 Å². The third-order valence-electron chi connectivity index (χ3n) is 5.16. The maximum atomic E-state index is 13.2. The fourth-order valence-electron chi connectivity index (χ4n) is 3.41. The zero-order valence-corrected chi connectivity index (χ0v) is 17.8. The van der Waals surface area contributed by atoms with Gasteiger partial charge in [0, 0.05) is 43.3 Å². The summed E-state index contributed by atoms with van der Waals surface area (Å²) < 4.78 is 38.3. The van der Waals surface area contributed by atoms with E-state index in [2.05, 4.69) is 11.8 Å². The molecular formula is C20H25ClN2O4S. The van der Waals surface area contributed by atoms with Crippen molar-refractivity contribution in [1.29, 1.82) is 0 Å². The summed E-state index contributed by atoms with van der Waals surface area (Å²) in [7, 11) is -0.699. The van der Waals surface area contributed by atoms with E-state index in [1.165, 1.54) is 24.6 Å². The lowest BCUT2D eigenvalue weighted by Gasteiger charge is -2.37. The fraction of sp³-hybridized carbons (Fsp3) is 0.400. The number of rotatable bonds is 6. The first-order valence-corrected chi connectivity index (χ1v) is 10.9. The molecule has 0 aliphatic carbocycles. The predicted octanol–water partition coefficient (Wildman–Crippen LogP) is 3.42. The number of halogens is 1. The van der Waals surface area contributed by atoms with Crippen LogP contribution in [0.3, 0.4) is 0 Å². The van der Waals surface area contributed by atoms with Crippen molar-refractivity contribution < 1.29 is 17.9 Å². The SMILES string of the molecule is COc1ccc(OC)c(S(=O)(=O)N2CCN(C(C)c3ccc(Cl)cc3)CC2)c1. The molecule has 1 aliphatic heterocycles. The van der Waals surface area contributed by atoms with E-state index in [1.54, 1.807) is 12.1 Å². The molecule has 0 amide bonds. The zero-order valence-electron chi connectivity index (χ0n) is 16.3. The second kappa shape index (κ2) is 8.69. The number of sulfonamides is 1. The van der Waals surface area contributed by atoms with Gasteiger partial charge in [0.2, 0.25) is 10.0 Å². The molecule has 1 saturated heterocycles. The Kier molecular flexibility index (Phi) is 6.50. The van der Waals surface area contributed by atoms with Crippen molar-refractivity contribution in [3.63, 3.8) is 0 Å². The van der Waals surface area contributed by atoms with Crippen molar-refractivity contribution in [1.82, 2.24) is 9.21 Å². The van der Waals surface area contributed by atoms with Gasteiger partial charge >= 0.3 is 0 Å². The van der Waals surface area contributed by atoms with E-state index in [0.29, 0.717) is 42.7 Å². The third kappa shape index (κ3) is 4.27. The minimum Gasteiger partial charge on any atom is -0.497 e. The topological polar surface area (TPSA) is 59.1 Å². The molecule has 0 aromatic heterocycles. The van der Waals surface area contributed by atoms with Crippen molar-refractivity contribution in [2.75, 3.05) is 40.4 Å². The molecule has 0 radical (unpaired) electrons. The molecule has 1 aliphatic rings. The van der Waals surface area contributed by atoms with Gasteiger partial charge in [0.25, 0.3) is 0 Å². The van der Waals surface area contributed by atoms with Crippen molar-refractivity contribution in [2.24, 2.45) is 0 Å². The summed E-state index contributed by atoms with van der Waals surface area (Å²) in [5.74, 6) is 0.798. The van der Waals surface area contributed by atoms with E-state index in [1.807, 2.05) is 24.3 Å². The van der Waals surface area contributed by atoms with Crippen LogP contribution >= 0.6 is 11.6 Å². The Morgan fingerprint density at radius 2 is 1.61 bits per heavy atom. The maximum absolute atomic E-state index is 13.2. The van der Waals surface area contributed by atoms with E-state index < -0.39 is 10.0 Å². The number of benzene rings is 2. The molecule has 2 aromatic rings. The summed E-state index contributed by atoms with van der Waals surface area (Å²) in [5, 5.41) is 0.707. The van der Waals surface area contributed by atoms with E-state index in [-0.39, 0.29) is 10.9 Å². The molecule has 1 unspecified atom stereocenters. The van der Waals surface area contributed by atoms with Gasteiger partial charge in [-0.05, 0) is 36.8 Å². The molecule has 1 fully saturated rings. The Bertz CT molecular complexity index is 910. The average Bonchev–Trinajstić information content (AvgIpc) is 2.73. The number of piperazine rings is 1. The monoisotopic (exact) mass is 424 g/mol. The molecule has 8 heteroatoms. The normalized spacial score (nSPS) is 17.3. The zero-order chi connectivity index (χ0) is 20.3. The van der Waals surface area contributed by atoms with Crippen molar-refractivity contribution >= 4 is 21.6 Å². The largest absolute Gasteiger partial charge is 0.497 e. The van der Waals surface area contributed by atoms with Crippen LogP contribution in [-0.2, 0) is 10.0 Å². The van der Waals surface area contributed by atoms with Crippen LogP contribution in [0.5, 0.6) is 11.5 Å². The summed E-state index contributed by atoms with van der Waals surface area (Å²) >= 11 is 5.97. The standard InChI is InChI=1S/C20H25ClN2O4S/c1-15(16-4-6-17(21)7-5-16)22-10-12-23(13-11-22)28(24,25)20-14-18(26-2)8-9-19(20)27-3/h4-9,14-15H,10-13H2,1-3H3. The quantitative estimate of drug-likeness (QED) is 0.711. The lowest BCUT2D eigenvalue weighted by molar-refractivity contribution is 0.145. The average molecular weight is 425 g/mol. The Morgan fingerprint density at radius 3 is 2.18 bits per heavy atom. The highest BCUT2D eigenvalue weighted by Crippen LogP contribution is 2.32. The second-order valence-corrected chi connectivity index (χ2v) is 9.03. The third-order valence-corrected chi connectivity index (χ3v) is 7.33. The molecule has 0 N–H and O–H groups in total. The lowest BCUT2D eigenvalue weighted by Crippen LogP contribution is -2.49. The van der Waals surface area contributed by atoms with Crippen LogP contribution in [0, 0.1) is 0 Å². The Morgan fingerprint density at radius 1 is 0.964 bits per heavy atom. The molecule has 2 aromatic carbocycles. The van der Waals surface area contributed by atoms with Crippen molar-refractivity contribution in [3.8, 4) is 11.5 Å². The van der Waals surface area contributed by atoms with Crippen LogP contribution in [0.1, 0.15) is 18.5 Å². The van der Waals surface area contributed by atoms with Gasteiger partial charge in [0.1, 0.15) is 16.4 Å². The molecule has 28 heavy (non-hydrogen) atoms. The highest BCUT2D eigenvalue weighted by Gasteiger charge is 2.32. The maximum Gasteiger partial charge on any atom is 0.246 e. The first-order valence-electron chi connectivity index (χ1n) is 9.08. The van der Waals surface area contributed by atoms with Gasteiger partial charge in [-0.3, -0.25) is 4.90 Å². The van der Waals surface area contributed by atoms with E-state index >= 15 is 0 Å². The Balaban J connectivity index is 1.74. The molecule has 0 saturated carbocycles. The molecule has 152 valence electrons. The first-order chi connectivity index (χ1) is 13.4. The van der Waals surface area contributed by atoms with Gasteiger partial charge in [-0.15, -0.1) is 0 Å². The molecule has 1 atom stereocenters. The fourth-order valence-corrected chi connectivity index (χ4v) is 5.13. The molecule has 0 spiro atoms. The van der Waals surface area contributed by atoms with Crippen LogP contribution in [-0.4, -0.2) is 58.0 Å². The molecule has 1 heterocycles. The number of hydrogen-bond acceptors (Lipinski definition) is 5. The molecule has 3 rings (SSSR count).